The predicted molar refractivity (Wildman–Crippen MR) is 82.9 cm³/mol. The van der Waals surface area contributed by atoms with Gasteiger partial charge in [0.1, 0.15) is 4.99 Å². The number of nitrogens with one attached hydrogen (secondary N) is 1. The number of benzene rings is 2. The fourth-order valence-electron chi connectivity index (χ4n) is 1.63. The zero-order valence-corrected chi connectivity index (χ0v) is 11.8. The minimum Gasteiger partial charge on any atom is -0.481 e. The Morgan fingerprint density at radius 2 is 1.95 bits per heavy atom. The molecular weight excluding hydrogens is 291 g/mol. The number of hydrogen-bond acceptors (Lipinski definition) is 3. The van der Waals surface area contributed by atoms with Gasteiger partial charge in [0.2, 0.25) is 0 Å². The number of halogens is 1. The summed E-state index contributed by atoms with van der Waals surface area (Å²) in [6.45, 7) is -0.293. The Morgan fingerprint density at radius 3 is 2.57 bits per heavy atom. The van der Waals surface area contributed by atoms with Crippen molar-refractivity contribution >= 4 is 28.8 Å². The summed E-state index contributed by atoms with van der Waals surface area (Å²) in [5.74, 6) is -1.02. The second-order valence-electron chi connectivity index (χ2n) is 4.21. The molecule has 1 amide bonds. The number of hydrogen-bond donors (Lipinski definition) is 2. The highest BCUT2D eigenvalue weighted by Gasteiger charge is 2.09. The zero-order chi connectivity index (χ0) is 15.2. The molecule has 0 aliphatic carbocycles. The van der Waals surface area contributed by atoms with Crippen LogP contribution in [-0.2, 0) is 4.79 Å². The molecule has 0 aromatic heterocycles. The van der Waals surface area contributed by atoms with Gasteiger partial charge in [-0.3, -0.25) is 4.79 Å². The summed E-state index contributed by atoms with van der Waals surface area (Å²) in [7, 11) is 0. The van der Waals surface area contributed by atoms with E-state index in [1.54, 1.807) is 24.3 Å². The van der Waals surface area contributed by atoms with E-state index in [0.29, 0.717) is 11.3 Å². The van der Waals surface area contributed by atoms with E-state index < -0.39 is 5.82 Å². The van der Waals surface area contributed by atoms with E-state index in [9.17, 15) is 9.18 Å². The Kier molecular flexibility index (Phi) is 4.84. The van der Waals surface area contributed by atoms with Crippen LogP contribution >= 0.6 is 12.2 Å². The van der Waals surface area contributed by atoms with Crippen LogP contribution in [0.5, 0.6) is 5.75 Å². The molecule has 0 aliphatic rings. The molecule has 0 fully saturated rings. The molecule has 21 heavy (non-hydrogen) atoms. The average molecular weight is 304 g/mol. The zero-order valence-electron chi connectivity index (χ0n) is 11.0. The van der Waals surface area contributed by atoms with Gasteiger partial charge < -0.3 is 15.8 Å². The second kappa shape index (κ2) is 6.81. The molecule has 6 heteroatoms. The van der Waals surface area contributed by atoms with Crippen molar-refractivity contribution in [3.63, 3.8) is 0 Å². The number of ether oxygens (including phenoxy) is 1. The average Bonchev–Trinajstić information content (AvgIpc) is 2.47. The van der Waals surface area contributed by atoms with Crippen molar-refractivity contribution < 1.29 is 13.9 Å². The number of amides is 1. The Hall–Kier alpha value is -2.47. The van der Waals surface area contributed by atoms with E-state index in [4.69, 9.17) is 22.7 Å². The number of nitrogens with two attached hydrogens (primary N) is 1. The number of rotatable bonds is 5. The molecule has 108 valence electrons. The summed E-state index contributed by atoms with van der Waals surface area (Å²) in [6, 6.07) is 13.0. The van der Waals surface area contributed by atoms with Gasteiger partial charge in [0.05, 0.1) is 0 Å². The van der Waals surface area contributed by atoms with E-state index in [1.165, 1.54) is 18.2 Å². The van der Waals surface area contributed by atoms with Crippen molar-refractivity contribution in [3.05, 3.63) is 59.9 Å². The Balaban J connectivity index is 1.94. The van der Waals surface area contributed by atoms with Crippen LogP contribution in [0.2, 0.25) is 0 Å². The first-order chi connectivity index (χ1) is 10.1. The highest BCUT2D eigenvalue weighted by molar-refractivity contribution is 7.80. The van der Waals surface area contributed by atoms with Crippen molar-refractivity contribution in [2.45, 2.75) is 0 Å². The lowest BCUT2D eigenvalue weighted by molar-refractivity contribution is -0.118. The van der Waals surface area contributed by atoms with Crippen LogP contribution in [0.1, 0.15) is 5.56 Å². The van der Waals surface area contributed by atoms with Crippen LogP contribution in [0, 0.1) is 5.82 Å². The fourth-order valence-corrected chi connectivity index (χ4v) is 1.76. The summed E-state index contributed by atoms with van der Waals surface area (Å²) >= 11 is 4.75. The number of para-hydroxylation sites is 1. The normalized spacial score (nSPS) is 9.95. The molecule has 0 heterocycles. The molecule has 0 atom stereocenters. The van der Waals surface area contributed by atoms with Crippen LogP contribution in [0.4, 0.5) is 10.1 Å². The molecule has 3 N–H and O–H groups in total. The van der Waals surface area contributed by atoms with Crippen LogP contribution in [0.3, 0.4) is 0 Å². The first-order valence-corrected chi connectivity index (χ1v) is 6.54. The van der Waals surface area contributed by atoms with Crippen molar-refractivity contribution in [3.8, 4) is 5.75 Å². The van der Waals surface area contributed by atoms with Crippen LogP contribution in [-0.4, -0.2) is 17.5 Å². The van der Waals surface area contributed by atoms with E-state index in [0.717, 1.165) is 0 Å². The molecule has 2 aromatic rings. The molecular formula is C15H13FN2O2S. The standard InChI is InChI=1S/C15H13FN2O2S/c16-12-8-10(15(17)21)6-7-13(12)20-9-14(19)18-11-4-2-1-3-5-11/h1-8H,9H2,(H2,17,21)(H,18,19). The molecule has 0 unspecified atom stereocenters. The van der Waals surface area contributed by atoms with E-state index in [-0.39, 0.29) is 23.3 Å². The molecule has 2 rings (SSSR count). The van der Waals surface area contributed by atoms with Gasteiger partial charge in [0, 0.05) is 11.3 Å². The number of carbonyl (C=O) groups is 1. The third-order valence-electron chi connectivity index (χ3n) is 2.63. The highest BCUT2D eigenvalue weighted by Crippen LogP contribution is 2.18. The van der Waals surface area contributed by atoms with Gasteiger partial charge in [0.15, 0.2) is 18.2 Å². The summed E-state index contributed by atoms with van der Waals surface area (Å²) in [4.78, 5) is 11.8. The van der Waals surface area contributed by atoms with Crippen molar-refractivity contribution in [2.24, 2.45) is 5.73 Å². The van der Waals surface area contributed by atoms with Gasteiger partial charge in [-0.1, -0.05) is 30.4 Å². The molecule has 0 bridgehead atoms. The van der Waals surface area contributed by atoms with Crippen molar-refractivity contribution in [2.75, 3.05) is 11.9 Å². The lowest BCUT2D eigenvalue weighted by Gasteiger charge is -2.09. The predicted octanol–water partition coefficient (Wildman–Crippen LogP) is 2.48. The Bertz CT molecular complexity index is 662. The minimum atomic E-state index is -0.618. The van der Waals surface area contributed by atoms with Crippen molar-refractivity contribution in [1.29, 1.82) is 0 Å². The van der Waals surface area contributed by atoms with E-state index >= 15 is 0 Å². The first-order valence-electron chi connectivity index (χ1n) is 6.13. The monoisotopic (exact) mass is 304 g/mol. The van der Waals surface area contributed by atoms with Gasteiger partial charge in [0.25, 0.3) is 5.91 Å². The number of carbonyl (C=O) groups excluding carboxylic acids is 1. The third-order valence-corrected chi connectivity index (χ3v) is 2.87. The maximum atomic E-state index is 13.7. The molecule has 0 spiro atoms. The quantitative estimate of drug-likeness (QED) is 0.833. The topological polar surface area (TPSA) is 64.3 Å². The van der Waals surface area contributed by atoms with Gasteiger partial charge in [-0.2, -0.15) is 0 Å². The van der Waals surface area contributed by atoms with Crippen LogP contribution in [0.15, 0.2) is 48.5 Å². The van der Waals surface area contributed by atoms with E-state index in [1.807, 2.05) is 6.07 Å². The molecule has 0 radical (unpaired) electrons. The summed E-state index contributed by atoms with van der Waals surface area (Å²) in [5, 5.41) is 2.63. The van der Waals surface area contributed by atoms with E-state index in [2.05, 4.69) is 5.32 Å². The van der Waals surface area contributed by atoms with Gasteiger partial charge in [-0.05, 0) is 30.3 Å². The molecule has 2 aromatic carbocycles. The smallest absolute Gasteiger partial charge is 0.262 e. The highest BCUT2D eigenvalue weighted by atomic mass is 32.1. The van der Waals surface area contributed by atoms with Gasteiger partial charge in [-0.15, -0.1) is 0 Å². The molecule has 4 nitrogen and oxygen atoms in total. The first kappa shape index (κ1) is 14.9. The van der Waals surface area contributed by atoms with Gasteiger partial charge in [-0.25, -0.2) is 4.39 Å². The maximum absolute atomic E-state index is 13.7. The Morgan fingerprint density at radius 1 is 1.24 bits per heavy atom. The molecule has 0 saturated carbocycles. The minimum absolute atomic E-state index is 0.0294. The summed E-state index contributed by atoms with van der Waals surface area (Å²) in [6.07, 6.45) is 0. The summed E-state index contributed by atoms with van der Waals surface area (Å²) in [5.41, 5.74) is 6.46. The van der Waals surface area contributed by atoms with Gasteiger partial charge >= 0.3 is 0 Å². The van der Waals surface area contributed by atoms with Crippen molar-refractivity contribution in [1.82, 2.24) is 0 Å². The molecule has 0 aliphatic heterocycles. The van der Waals surface area contributed by atoms with Crippen LogP contribution in [0.25, 0.3) is 0 Å². The lowest BCUT2D eigenvalue weighted by Crippen LogP contribution is -2.20. The SMILES string of the molecule is NC(=S)c1ccc(OCC(=O)Nc2ccccc2)c(F)c1. The van der Waals surface area contributed by atoms with Crippen LogP contribution < -0.4 is 15.8 Å². The molecule has 0 saturated heterocycles. The fraction of sp³-hybridized carbons (Fsp3) is 0.0667. The largest absolute Gasteiger partial charge is 0.481 e. The second-order valence-corrected chi connectivity index (χ2v) is 4.65. The lowest BCUT2D eigenvalue weighted by atomic mass is 10.2. The number of anilines is 1. The Labute approximate surface area is 126 Å². The summed E-state index contributed by atoms with van der Waals surface area (Å²) < 4.78 is 18.9. The third kappa shape index (κ3) is 4.25. The maximum Gasteiger partial charge on any atom is 0.262 e. The number of thiocarbonyl (C=S) groups is 1.